The lowest BCUT2D eigenvalue weighted by molar-refractivity contribution is 0.397. The van der Waals surface area contributed by atoms with Gasteiger partial charge in [-0.15, -0.1) is 13.2 Å². The first-order valence-electron chi connectivity index (χ1n) is 27.3. The van der Waals surface area contributed by atoms with Crippen LogP contribution < -0.4 is 0 Å². The molecule has 0 nitrogen and oxygen atoms in total. The van der Waals surface area contributed by atoms with E-state index >= 15 is 0 Å². The predicted molar refractivity (Wildman–Crippen MR) is 340 cm³/mol. The highest BCUT2D eigenvalue weighted by atomic mass is 79.9. The molecule has 0 atom stereocenters. The van der Waals surface area contributed by atoms with Crippen LogP contribution >= 0.6 is 95.6 Å². The molecule has 0 heterocycles. The van der Waals surface area contributed by atoms with Crippen molar-refractivity contribution in [1.29, 1.82) is 0 Å². The average molecular weight is 1360 g/mol. The smallest absolute Gasteiger partial charge is 0.0284 e. The number of rotatable bonds is 22. The Hall–Kier alpha value is -2.32. The molecule has 0 saturated heterocycles. The summed E-state index contributed by atoms with van der Waals surface area (Å²) in [6.45, 7) is 17.2. The zero-order valence-corrected chi connectivity index (χ0v) is 53.4. The SMILES string of the molecule is C=CCC1(CC=C)c2cc(Br)ccc2-c2ccc(Br)cc21.CC1(C)c2cc(Br)ccc2-c2ccc(Br)cc21.CCCCCCCCCCC1(CCCCCCCCCC)c2cc(Br)ccc2-c2ccc(Br)cc21. The first-order valence-corrected chi connectivity index (χ1v) is 32.0. The number of allylic oxidation sites excluding steroid dienone is 2. The standard InChI is InChI=1S/C33H48Br2.C19H16Br2.C15H12Br2/c1-3-5-7-9-11-13-15-17-23-33(24-18-16-14-12-10-8-6-4-2)31-25-27(34)19-21-29(31)30-22-20-28(35)26-32(30)33;1-3-9-19(10-4-2)17-11-13(20)5-7-15(17)16-8-6-14(21)12-18(16)19;1-15(2)13-7-9(16)3-5-11(13)12-6-4-10(17)8-14(12)15/h19-22,25-26H,3-18,23-24H2,1-2H3;3-8,11-12H,1-2,9-10H2;3-8H,1-2H3. The van der Waals surface area contributed by atoms with Gasteiger partial charge < -0.3 is 0 Å². The monoisotopic (exact) mass is 1350 g/mol. The summed E-state index contributed by atoms with van der Waals surface area (Å²) in [6.07, 6.45) is 30.6. The highest BCUT2D eigenvalue weighted by Gasteiger charge is 2.43. The maximum Gasteiger partial charge on any atom is 0.0284 e. The Morgan fingerprint density at radius 2 is 0.562 bits per heavy atom. The van der Waals surface area contributed by atoms with E-state index in [1.54, 1.807) is 11.1 Å². The molecule has 6 heteroatoms. The van der Waals surface area contributed by atoms with Crippen LogP contribution in [0.4, 0.5) is 0 Å². The molecule has 386 valence electrons. The van der Waals surface area contributed by atoms with Gasteiger partial charge in [0.1, 0.15) is 0 Å². The summed E-state index contributed by atoms with van der Waals surface area (Å²) in [4.78, 5) is 0. The van der Waals surface area contributed by atoms with Gasteiger partial charge in [0, 0.05) is 43.1 Å². The number of unbranched alkanes of at least 4 members (excludes halogenated alkanes) is 14. The van der Waals surface area contributed by atoms with Gasteiger partial charge in [-0.25, -0.2) is 0 Å². The van der Waals surface area contributed by atoms with Crippen LogP contribution in [0.1, 0.15) is 189 Å². The molecule has 0 spiro atoms. The Balaban J connectivity index is 0.000000173. The zero-order valence-electron chi connectivity index (χ0n) is 43.9. The summed E-state index contributed by atoms with van der Waals surface area (Å²) in [6, 6.07) is 40.3. The topological polar surface area (TPSA) is 0 Å². The van der Waals surface area contributed by atoms with Crippen molar-refractivity contribution >= 4 is 95.6 Å². The molecule has 0 radical (unpaired) electrons. The normalized spacial score (nSPS) is 14.3. The lowest BCUT2D eigenvalue weighted by Gasteiger charge is -2.33. The van der Waals surface area contributed by atoms with Crippen molar-refractivity contribution in [2.45, 2.75) is 172 Å². The summed E-state index contributed by atoms with van der Waals surface area (Å²) in [5.74, 6) is 0. The molecule has 6 aromatic rings. The molecule has 6 aromatic carbocycles. The van der Waals surface area contributed by atoms with E-state index < -0.39 is 0 Å². The minimum absolute atomic E-state index is 0.0538. The fraction of sp³-hybridized carbons (Fsp3) is 0.403. The Labute approximate surface area is 491 Å². The van der Waals surface area contributed by atoms with Crippen molar-refractivity contribution in [3.63, 3.8) is 0 Å². The number of hydrogen-bond donors (Lipinski definition) is 0. The summed E-state index contributed by atoms with van der Waals surface area (Å²) < 4.78 is 6.97. The largest absolute Gasteiger partial charge is 0.103 e. The van der Waals surface area contributed by atoms with E-state index in [9.17, 15) is 0 Å². The van der Waals surface area contributed by atoms with Gasteiger partial charge >= 0.3 is 0 Å². The van der Waals surface area contributed by atoms with Crippen molar-refractivity contribution < 1.29 is 0 Å². The Bertz CT molecular complexity index is 2640. The number of fused-ring (bicyclic) bond motifs is 9. The van der Waals surface area contributed by atoms with E-state index in [1.165, 1.54) is 180 Å². The average Bonchev–Trinajstić information content (AvgIpc) is 3.87. The number of halogens is 6. The molecule has 73 heavy (non-hydrogen) atoms. The van der Waals surface area contributed by atoms with E-state index in [4.69, 9.17) is 0 Å². The van der Waals surface area contributed by atoms with E-state index in [2.05, 4.69) is 246 Å². The molecule has 0 N–H and O–H groups in total. The predicted octanol–water partition coefficient (Wildman–Crippen LogP) is 24.7. The van der Waals surface area contributed by atoms with Gasteiger partial charge in [-0.05, 0) is 165 Å². The van der Waals surface area contributed by atoms with Gasteiger partial charge in [-0.1, -0.05) is 275 Å². The lowest BCUT2D eigenvalue weighted by atomic mass is 9.70. The van der Waals surface area contributed by atoms with Crippen LogP contribution in [0.5, 0.6) is 0 Å². The molecule has 3 aliphatic carbocycles. The van der Waals surface area contributed by atoms with Gasteiger partial charge in [0.15, 0.2) is 0 Å². The fourth-order valence-corrected chi connectivity index (χ4v) is 14.5. The molecule has 0 unspecified atom stereocenters. The zero-order chi connectivity index (χ0) is 52.2. The minimum Gasteiger partial charge on any atom is -0.103 e. The van der Waals surface area contributed by atoms with E-state index in [-0.39, 0.29) is 16.2 Å². The number of hydrogen-bond acceptors (Lipinski definition) is 0. The molecular weight excluding hydrogens is 1280 g/mol. The van der Waals surface area contributed by atoms with E-state index in [0.29, 0.717) is 0 Å². The van der Waals surface area contributed by atoms with Gasteiger partial charge in [-0.2, -0.15) is 0 Å². The van der Waals surface area contributed by atoms with E-state index in [1.807, 2.05) is 12.2 Å². The van der Waals surface area contributed by atoms with Gasteiger partial charge in [0.2, 0.25) is 0 Å². The van der Waals surface area contributed by atoms with Crippen LogP contribution in [0, 0.1) is 0 Å². The highest BCUT2D eigenvalue weighted by Crippen LogP contribution is 2.57. The van der Waals surface area contributed by atoms with E-state index in [0.717, 1.165) is 30.7 Å². The van der Waals surface area contributed by atoms with Crippen molar-refractivity contribution in [3.8, 4) is 33.4 Å². The van der Waals surface area contributed by atoms with Gasteiger partial charge in [0.25, 0.3) is 0 Å². The van der Waals surface area contributed by atoms with Crippen LogP contribution in [-0.4, -0.2) is 0 Å². The van der Waals surface area contributed by atoms with Crippen LogP contribution in [0.15, 0.2) is 161 Å². The molecule has 0 fully saturated rings. The summed E-state index contributed by atoms with van der Waals surface area (Å²) >= 11 is 22.0. The second-order valence-corrected chi connectivity index (χ2v) is 26.9. The van der Waals surface area contributed by atoms with Crippen LogP contribution in [-0.2, 0) is 16.2 Å². The van der Waals surface area contributed by atoms with Gasteiger partial charge in [0.05, 0.1) is 0 Å². The molecule has 0 saturated carbocycles. The third kappa shape index (κ3) is 13.5. The maximum atomic E-state index is 3.98. The van der Waals surface area contributed by atoms with Crippen molar-refractivity contribution in [2.24, 2.45) is 0 Å². The van der Waals surface area contributed by atoms with Crippen molar-refractivity contribution in [1.82, 2.24) is 0 Å². The first-order chi connectivity index (χ1) is 35.2. The second kappa shape index (κ2) is 27.3. The molecular formula is C67H76Br6. The molecule has 3 aliphatic rings. The molecule has 0 aromatic heterocycles. The Morgan fingerprint density at radius 3 is 0.836 bits per heavy atom. The van der Waals surface area contributed by atoms with Crippen molar-refractivity contribution in [2.75, 3.05) is 0 Å². The lowest BCUT2D eigenvalue weighted by Crippen LogP contribution is -2.25. The quantitative estimate of drug-likeness (QED) is 0.0469. The van der Waals surface area contributed by atoms with Crippen LogP contribution in [0.2, 0.25) is 0 Å². The molecule has 0 bridgehead atoms. The first kappa shape index (κ1) is 58.4. The fourth-order valence-electron chi connectivity index (χ4n) is 12.4. The highest BCUT2D eigenvalue weighted by molar-refractivity contribution is 9.11. The van der Waals surface area contributed by atoms with Crippen molar-refractivity contribution in [3.05, 3.63) is 195 Å². The summed E-state index contributed by atoms with van der Waals surface area (Å²) in [5.41, 5.74) is 17.2. The number of benzene rings is 6. The molecule has 0 aliphatic heterocycles. The molecule has 9 rings (SSSR count). The Kier molecular flexibility index (Phi) is 21.8. The Morgan fingerprint density at radius 1 is 0.329 bits per heavy atom. The second-order valence-electron chi connectivity index (χ2n) is 21.4. The summed E-state index contributed by atoms with van der Waals surface area (Å²) in [5, 5.41) is 0. The molecule has 0 amide bonds. The van der Waals surface area contributed by atoms with Gasteiger partial charge in [-0.3, -0.25) is 0 Å². The third-order valence-electron chi connectivity index (χ3n) is 16.1. The van der Waals surface area contributed by atoms with Crippen LogP contribution in [0.25, 0.3) is 33.4 Å². The minimum atomic E-state index is -0.0538. The third-order valence-corrected chi connectivity index (χ3v) is 19.0. The summed E-state index contributed by atoms with van der Waals surface area (Å²) in [7, 11) is 0. The maximum absolute atomic E-state index is 3.98. The van der Waals surface area contributed by atoms with Crippen LogP contribution in [0.3, 0.4) is 0 Å².